The van der Waals surface area contributed by atoms with Crippen LogP contribution < -0.4 is 10.2 Å². The van der Waals surface area contributed by atoms with Crippen molar-refractivity contribution in [1.29, 1.82) is 0 Å². The summed E-state index contributed by atoms with van der Waals surface area (Å²) in [5.74, 6) is 0. The van der Waals surface area contributed by atoms with Crippen LogP contribution in [0.3, 0.4) is 0 Å². The second kappa shape index (κ2) is 6.78. The van der Waals surface area contributed by atoms with Crippen LogP contribution in [0.2, 0.25) is 0 Å². The van der Waals surface area contributed by atoms with Gasteiger partial charge in [-0.3, -0.25) is 4.98 Å². The van der Waals surface area contributed by atoms with E-state index in [-0.39, 0.29) is 5.54 Å². The SMILES string of the molecule is Cc1cc(N2CCCCCC2C)c(CNC(C)(C)C)cn1. The Labute approximate surface area is 130 Å². The van der Waals surface area contributed by atoms with Crippen LogP contribution in [0.5, 0.6) is 0 Å². The molecule has 1 aliphatic heterocycles. The summed E-state index contributed by atoms with van der Waals surface area (Å²) in [6, 6.07) is 2.89. The van der Waals surface area contributed by atoms with Gasteiger partial charge in [0.05, 0.1) is 0 Å². The van der Waals surface area contributed by atoms with E-state index in [2.05, 4.69) is 62.1 Å². The number of hydrogen-bond donors (Lipinski definition) is 1. The maximum absolute atomic E-state index is 4.52. The minimum absolute atomic E-state index is 0.132. The van der Waals surface area contributed by atoms with Crippen LogP contribution in [0.4, 0.5) is 5.69 Å². The van der Waals surface area contributed by atoms with Crippen molar-refractivity contribution in [1.82, 2.24) is 10.3 Å². The highest BCUT2D eigenvalue weighted by Crippen LogP contribution is 2.28. The van der Waals surface area contributed by atoms with Crippen molar-refractivity contribution in [2.75, 3.05) is 11.4 Å². The molecule has 0 spiro atoms. The molecule has 1 saturated heterocycles. The van der Waals surface area contributed by atoms with Gasteiger partial charge in [-0.1, -0.05) is 12.8 Å². The molecule has 3 nitrogen and oxygen atoms in total. The van der Waals surface area contributed by atoms with Gasteiger partial charge in [-0.2, -0.15) is 0 Å². The number of anilines is 1. The largest absolute Gasteiger partial charge is 0.368 e. The second-order valence-electron chi connectivity index (χ2n) is 7.45. The normalized spacial score (nSPS) is 20.4. The molecule has 2 rings (SSSR count). The summed E-state index contributed by atoms with van der Waals surface area (Å²) < 4.78 is 0. The van der Waals surface area contributed by atoms with Gasteiger partial charge >= 0.3 is 0 Å². The zero-order chi connectivity index (χ0) is 15.5. The number of nitrogens with zero attached hydrogens (tertiary/aromatic N) is 2. The van der Waals surface area contributed by atoms with Gasteiger partial charge in [0.25, 0.3) is 0 Å². The standard InChI is InChI=1S/C18H31N3/c1-14-11-17(21-10-8-6-7-9-15(21)2)16(12-19-14)13-20-18(3,4)5/h11-12,15,20H,6-10,13H2,1-5H3. The summed E-state index contributed by atoms with van der Waals surface area (Å²) in [4.78, 5) is 7.12. The lowest BCUT2D eigenvalue weighted by atomic mass is 10.1. The Bertz CT molecular complexity index is 462. The zero-order valence-electron chi connectivity index (χ0n) is 14.4. The van der Waals surface area contributed by atoms with Crippen molar-refractivity contribution in [3.63, 3.8) is 0 Å². The van der Waals surface area contributed by atoms with Gasteiger partial charge in [0.2, 0.25) is 0 Å². The summed E-state index contributed by atoms with van der Waals surface area (Å²) in [6.07, 6.45) is 7.38. The molecule has 1 aliphatic rings. The Hall–Kier alpha value is -1.09. The van der Waals surface area contributed by atoms with E-state index < -0.39 is 0 Å². The highest BCUT2D eigenvalue weighted by molar-refractivity contribution is 5.54. The van der Waals surface area contributed by atoms with Crippen LogP contribution in [0.1, 0.15) is 64.6 Å². The first-order valence-electron chi connectivity index (χ1n) is 8.34. The Morgan fingerprint density at radius 1 is 1.29 bits per heavy atom. The van der Waals surface area contributed by atoms with E-state index in [9.17, 15) is 0 Å². The van der Waals surface area contributed by atoms with Gasteiger partial charge in [0.1, 0.15) is 0 Å². The Morgan fingerprint density at radius 2 is 2.05 bits per heavy atom. The number of aromatic nitrogens is 1. The van der Waals surface area contributed by atoms with E-state index >= 15 is 0 Å². The van der Waals surface area contributed by atoms with Gasteiger partial charge < -0.3 is 10.2 Å². The lowest BCUT2D eigenvalue weighted by Crippen LogP contribution is -2.37. The second-order valence-corrected chi connectivity index (χ2v) is 7.45. The maximum atomic E-state index is 4.52. The smallest absolute Gasteiger partial charge is 0.0447 e. The number of rotatable bonds is 3. The third kappa shape index (κ3) is 4.70. The zero-order valence-corrected chi connectivity index (χ0v) is 14.4. The highest BCUT2D eigenvalue weighted by Gasteiger charge is 2.21. The molecule has 1 N–H and O–H groups in total. The molecular formula is C18H31N3. The Balaban J connectivity index is 2.25. The first-order valence-corrected chi connectivity index (χ1v) is 8.34. The Kier molecular flexibility index (Phi) is 5.26. The molecule has 118 valence electrons. The molecule has 1 aromatic rings. The van der Waals surface area contributed by atoms with Crippen molar-refractivity contribution in [2.45, 2.75) is 78.4 Å². The third-order valence-electron chi connectivity index (χ3n) is 4.27. The lowest BCUT2D eigenvalue weighted by molar-refractivity contribution is 0.423. The summed E-state index contributed by atoms with van der Waals surface area (Å²) in [5.41, 5.74) is 3.95. The fourth-order valence-corrected chi connectivity index (χ4v) is 2.97. The van der Waals surface area contributed by atoms with E-state index in [4.69, 9.17) is 0 Å². The van der Waals surface area contributed by atoms with Crippen molar-refractivity contribution in [2.24, 2.45) is 0 Å². The fourth-order valence-electron chi connectivity index (χ4n) is 2.97. The van der Waals surface area contributed by atoms with Crippen LogP contribution in [0.15, 0.2) is 12.3 Å². The number of nitrogens with one attached hydrogen (secondary N) is 1. The summed E-state index contributed by atoms with van der Waals surface area (Å²) >= 11 is 0. The van der Waals surface area contributed by atoms with Crippen LogP contribution in [-0.4, -0.2) is 23.1 Å². The topological polar surface area (TPSA) is 28.2 Å². The van der Waals surface area contributed by atoms with Crippen LogP contribution >= 0.6 is 0 Å². The monoisotopic (exact) mass is 289 g/mol. The average molecular weight is 289 g/mol. The first-order chi connectivity index (χ1) is 9.87. The molecule has 21 heavy (non-hydrogen) atoms. The van der Waals surface area contributed by atoms with Crippen molar-refractivity contribution in [3.05, 3.63) is 23.5 Å². The number of pyridine rings is 1. The van der Waals surface area contributed by atoms with E-state index in [1.165, 1.54) is 43.5 Å². The molecule has 0 bridgehead atoms. The molecule has 0 aromatic carbocycles. The maximum Gasteiger partial charge on any atom is 0.0447 e. The predicted molar refractivity (Wildman–Crippen MR) is 90.8 cm³/mol. The van der Waals surface area contributed by atoms with Gasteiger partial charge in [-0.25, -0.2) is 0 Å². The molecule has 0 radical (unpaired) electrons. The van der Waals surface area contributed by atoms with Gasteiger partial charge in [-0.15, -0.1) is 0 Å². The summed E-state index contributed by atoms with van der Waals surface area (Å²) in [6.45, 7) is 13.1. The van der Waals surface area contributed by atoms with E-state index in [1.54, 1.807) is 0 Å². The lowest BCUT2D eigenvalue weighted by Gasteiger charge is -2.32. The molecule has 1 aromatic heterocycles. The molecular weight excluding hydrogens is 258 g/mol. The van der Waals surface area contributed by atoms with E-state index in [0.29, 0.717) is 6.04 Å². The van der Waals surface area contributed by atoms with Crippen LogP contribution in [0, 0.1) is 6.92 Å². The number of hydrogen-bond acceptors (Lipinski definition) is 3. The molecule has 0 amide bonds. The fraction of sp³-hybridized carbons (Fsp3) is 0.722. The van der Waals surface area contributed by atoms with Crippen molar-refractivity contribution in [3.8, 4) is 0 Å². The minimum Gasteiger partial charge on any atom is -0.368 e. The van der Waals surface area contributed by atoms with Crippen molar-refractivity contribution >= 4 is 5.69 Å². The molecule has 0 aliphatic carbocycles. The molecule has 3 heteroatoms. The first kappa shape index (κ1) is 16.3. The molecule has 1 unspecified atom stereocenters. The van der Waals surface area contributed by atoms with Gasteiger partial charge in [-0.05, 0) is 53.5 Å². The van der Waals surface area contributed by atoms with Gasteiger partial charge in [0, 0.05) is 47.8 Å². The minimum atomic E-state index is 0.132. The van der Waals surface area contributed by atoms with Gasteiger partial charge in [0.15, 0.2) is 0 Å². The quantitative estimate of drug-likeness (QED) is 0.910. The number of aryl methyl sites for hydroxylation is 1. The van der Waals surface area contributed by atoms with Crippen molar-refractivity contribution < 1.29 is 0 Å². The molecule has 0 saturated carbocycles. The highest BCUT2D eigenvalue weighted by atomic mass is 15.2. The Morgan fingerprint density at radius 3 is 2.76 bits per heavy atom. The predicted octanol–water partition coefficient (Wildman–Crippen LogP) is 4.05. The molecule has 1 atom stereocenters. The third-order valence-corrected chi connectivity index (χ3v) is 4.27. The molecule has 1 fully saturated rings. The summed E-state index contributed by atoms with van der Waals surface area (Å²) in [7, 11) is 0. The molecule has 2 heterocycles. The van der Waals surface area contributed by atoms with Crippen LogP contribution in [-0.2, 0) is 6.54 Å². The average Bonchev–Trinajstić information content (AvgIpc) is 2.61. The van der Waals surface area contributed by atoms with Crippen LogP contribution in [0.25, 0.3) is 0 Å². The summed E-state index contributed by atoms with van der Waals surface area (Å²) in [5, 5.41) is 3.60. The van der Waals surface area contributed by atoms with E-state index in [0.717, 1.165) is 12.2 Å². The van der Waals surface area contributed by atoms with E-state index in [1.807, 2.05) is 0 Å².